The quantitative estimate of drug-likeness (QED) is 0.317. The Morgan fingerprint density at radius 1 is 0.806 bits per heavy atom. The molecule has 0 unspecified atom stereocenters. The molecule has 2 N–H and O–H groups in total. The number of aromatic nitrogens is 4. The zero-order valence-corrected chi connectivity index (χ0v) is 19.3. The normalized spacial score (nSPS) is 11.0. The maximum Gasteiger partial charge on any atom is 0.228 e. The van der Waals surface area contributed by atoms with Crippen molar-refractivity contribution in [3.8, 4) is 5.82 Å². The van der Waals surface area contributed by atoms with Crippen LogP contribution in [-0.2, 0) is 11.2 Å². The highest BCUT2D eigenvalue weighted by Crippen LogP contribution is 2.26. The average Bonchev–Trinajstić information content (AvgIpc) is 3.28. The molecule has 0 saturated carbocycles. The number of rotatable bonds is 6. The fourth-order valence-electron chi connectivity index (χ4n) is 4.30. The number of carbonyl (C=O) groups is 1. The van der Waals surface area contributed by atoms with Gasteiger partial charge in [-0.2, -0.15) is 0 Å². The van der Waals surface area contributed by atoms with Crippen LogP contribution in [0.1, 0.15) is 5.56 Å². The van der Waals surface area contributed by atoms with Gasteiger partial charge in [0, 0.05) is 34.5 Å². The molecule has 0 spiro atoms. The van der Waals surface area contributed by atoms with E-state index in [0.717, 1.165) is 38.7 Å². The average molecular weight is 471 g/mol. The third-order valence-electron chi connectivity index (χ3n) is 5.98. The van der Waals surface area contributed by atoms with Crippen molar-refractivity contribution < 1.29 is 4.79 Å². The Labute approximate surface area is 207 Å². The van der Waals surface area contributed by atoms with Crippen molar-refractivity contribution in [1.29, 1.82) is 0 Å². The molecule has 1 amide bonds. The lowest BCUT2D eigenvalue weighted by molar-refractivity contribution is -0.115. The van der Waals surface area contributed by atoms with E-state index < -0.39 is 0 Å². The van der Waals surface area contributed by atoms with Gasteiger partial charge in [0.1, 0.15) is 0 Å². The van der Waals surface area contributed by atoms with Crippen LogP contribution in [0, 0.1) is 0 Å². The Balaban J connectivity index is 1.25. The summed E-state index contributed by atoms with van der Waals surface area (Å²) in [5.74, 6) is 1.25. The predicted octanol–water partition coefficient (Wildman–Crippen LogP) is 5.89. The number of nitrogens with zero attached hydrogens (tertiary/aromatic N) is 4. The molecule has 0 aliphatic rings. The second-order valence-corrected chi connectivity index (χ2v) is 8.45. The predicted molar refractivity (Wildman–Crippen MR) is 143 cm³/mol. The van der Waals surface area contributed by atoms with Gasteiger partial charge >= 0.3 is 0 Å². The molecule has 0 aliphatic carbocycles. The van der Waals surface area contributed by atoms with Crippen LogP contribution in [-0.4, -0.2) is 25.7 Å². The summed E-state index contributed by atoms with van der Waals surface area (Å²) in [7, 11) is 0. The van der Waals surface area contributed by atoms with E-state index >= 15 is 0 Å². The number of amides is 1. The number of fused-ring (bicyclic) bond motifs is 2. The van der Waals surface area contributed by atoms with Crippen LogP contribution in [0.4, 0.5) is 17.2 Å². The van der Waals surface area contributed by atoms with Gasteiger partial charge in [-0.15, -0.1) is 10.2 Å². The Morgan fingerprint density at radius 3 is 2.53 bits per heavy atom. The highest BCUT2D eigenvalue weighted by Gasteiger charge is 2.14. The van der Waals surface area contributed by atoms with Gasteiger partial charge in [-0.25, -0.2) is 0 Å². The van der Waals surface area contributed by atoms with Gasteiger partial charge in [-0.3, -0.25) is 14.3 Å². The van der Waals surface area contributed by atoms with E-state index in [1.807, 2.05) is 108 Å². The maximum atomic E-state index is 12.7. The van der Waals surface area contributed by atoms with E-state index in [4.69, 9.17) is 0 Å². The summed E-state index contributed by atoms with van der Waals surface area (Å²) in [6, 6.07) is 31.2. The third kappa shape index (κ3) is 4.37. The largest absolute Gasteiger partial charge is 0.339 e. The minimum Gasteiger partial charge on any atom is -0.339 e. The summed E-state index contributed by atoms with van der Waals surface area (Å²) in [4.78, 5) is 17.1. The van der Waals surface area contributed by atoms with E-state index in [1.165, 1.54) is 0 Å². The molecule has 174 valence electrons. The van der Waals surface area contributed by atoms with Crippen LogP contribution in [0.15, 0.2) is 109 Å². The van der Waals surface area contributed by atoms with Crippen LogP contribution >= 0.6 is 0 Å². The number of para-hydroxylation sites is 2. The molecule has 0 radical (unpaired) electrons. The molecule has 7 nitrogen and oxygen atoms in total. The van der Waals surface area contributed by atoms with Gasteiger partial charge in [0.25, 0.3) is 0 Å². The van der Waals surface area contributed by atoms with Gasteiger partial charge in [-0.05, 0) is 60.2 Å². The lowest BCUT2D eigenvalue weighted by Gasteiger charge is -2.08. The summed E-state index contributed by atoms with van der Waals surface area (Å²) >= 11 is 0. The Hall–Kier alpha value is -5.04. The highest BCUT2D eigenvalue weighted by molar-refractivity contribution is 5.96. The number of carbonyl (C=O) groups excluding carboxylic acids is 1. The SMILES string of the molecule is O=C(Cc1cn(-c2ccc(Nc3ccc4ncccc4c3)nn2)c2ccccc12)Nc1ccccc1. The van der Waals surface area contributed by atoms with E-state index in [-0.39, 0.29) is 12.3 Å². The van der Waals surface area contributed by atoms with Crippen molar-refractivity contribution in [2.75, 3.05) is 10.6 Å². The molecule has 3 aromatic carbocycles. The molecule has 0 aliphatic heterocycles. The molecule has 0 fully saturated rings. The van der Waals surface area contributed by atoms with Gasteiger partial charge < -0.3 is 10.6 Å². The molecule has 0 saturated heterocycles. The first-order chi connectivity index (χ1) is 17.7. The van der Waals surface area contributed by atoms with Crippen LogP contribution in [0.25, 0.3) is 27.6 Å². The standard InChI is InChI=1S/C29H22N6O/c36-29(32-22-8-2-1-3-9-22)18-21-19-35(26-11-5-4-10-24(21)26)28-15-14-27(33-34-28)31-23-12-13-25-20(17-23)7-6-16-30-25/h1-17,19H,18H2,(H,31,33)(H,32,36). The summed E-state index contributed by atoms with van der Waals surface area (Å²) < 4.78 is 1.97. The molecule has 3 heterocycles. The van der Waals surface area contributed by atoms with E-state index in [0.29, 0.717) is 11.6 Å². The minimum atomic E-state index is -0.0691. The molecule has 3 aromatic heterocycles. The first kappa shape index (κ1) is 21.5. The summed E-state index contributed by atoms with van der Waals surface area (Å²) in [6.07, 6.45) is 4.00. The molecule has 0 bridgehead atoms. The second kappa shape index (κ2) is 9.31. The summed E-state index contributed by atoms with van der Waals surface area (Å²) in [5.41, 5.74) is 4.53. The lowest BCUT2D eigenvalue weighted by Crippen LogP contribution is -2.14. The number of nitrogens with one attached hydrogen (secondary N) is 2. The van der Waals surface area contributed by atoms with Gasteiger partial charge in [0.2, 0.25) is 5.91 Å². The van der Waals surface area contributed by atoms with Crippen LogP contribution in [0.2, 0.25) is 0 Å². The van der Waals surface area contributed by atoms with E-state index in [2.05, 4.69) is 25.8 Å². The van der Waals surface area contributed by atoms with Crippen LogP contribution < -0.4 is 10.6 Å². The third-order valence-corrected chi connectivity index (χ3v) is 5.98. The summed E-state index contributed by atoms with van der Waals surface area (Å²) in [6.45, 7) is 0. The fraction of sp³-hybridized carbons (Fsp3) is 0.0345. The molecular formula is C29H22N6O. The van der Waals surface area contributed by atoms with Crippen LogP contribution in [0.3, 0.4) is 0 Å². The first-order valence-corrected chi connectivity index (χ1v) is 11.6. The highest BCUT2D eigenvalue weighted by atomic mass is 16.1. The molecule has 36 heavy (non-hydrogen) atoms. The molecule has 6 rings (SSSR count). The topological polar surface area (TPSA) is 84.7 Å². The van der Waals surface area contributed by atoms with E-state index in [1.54, 1.807) is 6.20 Å². The van der Waals surface area contributed by atoms with Crippen molar-refractivity contribution in [3.63, 3.8) is 0 Å². The van der Waals surface area contributed by atoms with Crippen molar-refractivity contribution in [1.82, 2.24) is 19.7 Å². The number of anilines is 3. The minimum absolute atomic E-state index is 0.0691. The van der Waals surface area contributed by atoms with Crippen molar-refractivity contribution >= 4 is 44.9 Å². The number of hydrogen-bond acceptors (Lipinski definition) is 5. The van der Waals surface area contributed by atoms with E-state index in [9.17, 15) is 4.79 Å². The molecule has 6 aromatic rings. The number of hydrogen-bond donors (Lipinski definition) is 2. The monoisotopic (exact) mass is 470 g/mol. The van der Waals surface area contributed by atoms with Crippen LogP contribution in [0.5, 0.6) is 0 Å². The maximum absolute atomic E-state index is 12.7. The van der Waals surface area contributed by atoms with Gasteiger partial charge in [-0.1, -0.05) is 42.5 Å². The zero-order chi connectivity index (χ0) is 24.3. The zero-order valence-electron chi connectivity index (χ0n) is 19.3. The molecular weight excluding hydrogens is 448 g/mol. The van der Waals surface area contributed by atoms with Crippen molar-refractivity contribution in [3.05, 3.63) is 115 Å². The van der Waals surface area contributed by atoms with Crippen molar-refractivity contribution in [2.24, 2.45) is 0 Å². The van der Waals surface area contributed by atoms with Gasteiger partial charge in [0.05, 0.1) is 17.5 Å². The Bertz CT molecular complexity index is 1680. The Kier molecular flexibility index (Phi) is 5.56. The van der Waals surface area contributed by atoms with Gasteiger partial charge in [0.15, 0.2) is 11.6 Å². The molecule has 7 heteroatoms. The first-order valence-electron chi connectivity index (χ1n) is 11.6. The fourth-order valence-corrected chi connectivity index (χ4v) is 4.30. The smallest absolute Gasteiger partial charge is 0.228 e. The number of pyridine rings is 1. The Morgan fingerprint density at radius 2 is 1.67 bits per heavy atom. The molecule has 0 atom stereocenters. The second-order valence-electron chi connectivity index (χ2n) is 8.45. The van der Waals surface area contributed by atoms with Crippen molar-refractivity contribution in [2.45, 2.75) is 6.42 Å². The lowest BCUT2D eigenvalue weighted by atomic mass is 10.1. The summed E-state index contributed by atoms with van der Waals surface area (Å²) in [5, 5.41) is 17.2. The number of benzene rings is 3.